The van der Waals surface area contributed by atoms with Gasteiger partial charge in [-0.25, -0.2) is 4.39 Å². The molecule has 0 radical (unpaired) electrons. The van der Waals surface area contributed by atoms with Gasteiger partial charge in [-0.05, 0) is 37.5 Å². The Hall–Kier alpha value is -1.42. The van der Waals surface area contributed by atoms with Crippen LogP contribution in [0.4, 0.5) is 4.39 Å². The third kappa shape index (κ3) is 3.53. The molecule has 0 aromatic heterocycles. The molecule has 0 saturated carbocycles. The Kier molecular flexibility index (Phi) is 4.31. The van der Waals surface area contributed by atoms with Crippen LogP contribution in [0.25, 0.3) is 0 Å². The molecule has 1 aliphatic heterocycles. The lowest BCUT2D eigenvalue weighted by molar-refractivity contribution is -0.121. The molecule has 2 rings (SSSR count). The third-order valence-corrected chi connectivity index (χ3v) is 3.34. The molecule has 1 saturated heterocycles. The van der Waals surface area contributed by atoms with E-state index < -0.39 is 0 Å². The number of rotatable bonds is 3. The predicted molar refractivity (Wildman–Crippen MR) is 68.6 cm³/mol. The van der Waals surface area contributed by atoms with Gasteiger partial charge >= 0.3 is 0 Å². The first-order valence-electron chi connectivity index (χ1n) is 6.43. The van der Waals surface area contributed by atoms with Crippen LogP contribution < -0.4 is 10.6 Å². The molecular formula is C14H19FN2O. The van der Waals surface area contributed by atoms with E-state index in [1.807, 2.05) is 6.92 Å². The van der Waals surface area contributed by atoms with E-state index in [4.69, 9.17) is 0 Å². The molecule has 98 valence electrons. The summed E-state index contributed by atoms with van der Waals surface area (Å²) in [4.78, 5) is 11.5. The lowest BCUT2D eigenvalue weighted by Gasteiger charge is -2.21. The zero-order chi connectivity index (χ0) is 13.0. The first-order chi connectivity index (χ1) is 8.65. The number of carbonyl (C=O) groups excluding carboxylic acids is 1. The summed E-state index contributed by atoms with van der Waals surface area (Å²) in [6, 6.07) is 6.82. The van der Waals surface area contributed by atoms with Crippen molar-refractivity contribution in [2.75, 3.05) is 6.54 Å². The highest BCUT2D eigenvalue weighted by molar-refractivity contribution is 5.76. The minimum atomic E-state index is -0.222. The second-order valence-electron chi connectivity index (χ2n) is 4.83. The van der Waals surface area contributed by atoms with Gasteiger partial charge in [0, 0.05) is 25.0 Å². The summed E-state index contributed by atoms with van der Waals surface area (Å²) in [6.45, 7) is 2.80. The van der Waals surface area contributed by atoms with Crippen LogP contribution >= 0.6 is 0 Å². The van der Waals surface area contributed by atoms with Gasteiger partial charge in [0.15, 0.2) is 0 Å². The van der Waals surface area contributed by atoms with E-state index in [0.717, 1.165) is 24.9 Å². The first-order valence-corrected chi connectivity index (χ1v) is 6.43. The van der Waals surface area contributed by atoms with Crippen molar-refractivity contribution in [2.24, 2.45) is 0 Å². The number of hydrogen-bond acceptors (Lipinski definition) is 2. The average molecular weight is 250 g/mol. The van der Waals surface area contributed by atoms with Crippen LogP contribution in [0, 0.1) is 5.82 Å². The summed E-state index contributed by atoms with van der Waals surface area (Å²) in [5.74, 6) is -0.115. The van der Waals surface area contributed by atoms with Crippen LogP contribution in [0.1, 0.15) is 37.8 Å². The normalized spacial score (nSPS) is 22.1. The quantitative estimate of drug-likeness (QED) is 0.863. The van der Waals surface area contributed by atoms with Gasteiger partial charge in [-0.15, -0.1) is 0 Å². The molecular weight excluding hydrogens is 231 g/mol. The molecule has 0 spiro atoms. The highest BCUT2D eigenvalue weighted by Gasteiger charge is 2.19. The van der Waals surface area contributed by atoms with Gasteiger partial charge in [-0.3, -0.25) is 4.79 Å². The number of benzene rings is 1. The third-order valence-electron chi connectivity index (χ3n) is 3.34. The zero-order valence-corrected chi connectivity index (χ0v) is 10.6. The standard InChI is InChI=1S/C14H19FN2O/c1-10(11-4-6-12(15)7-5-11)17-13-3-2-8-16-14(18)9-13/h4-7,10,13,17H,2-3,8-9H2,1H3,(H,16,18)/t10-,13?/m0/s1. The molecule has 3 nitrogen and oxygen atoms in total. The van der Waals surface area contributed by atoms with Crippen molar-refractivity contribution in [3.05, 3.63) is 35.6 Å². The van der Waals surface area contributed by atoms with E-state index in [0.29, 0.717) is 6.42 Å². The Labute approximate surface area is 107 Å². The zero-order valence-electron chi connectivity index (χ0n) is 10.6. The van der Waals surface area contributed by atoms with Gasteiger partial charge in [-0.2, -0.15) is 0 Å². The van der Waals surface area contributed by atoms with E-state index in [9.17, 15) is 9.18 Å². The number of amides is 1. The van der Waals surface area contributed by atoms with Gasteiger partial charge in [0.2, 0.25) is 5.91 Å². The van der Waals surface area contributed by atoms with Crippen LogP contribution in [0.3, 0.4) is 0 Å². The van der Waals surface area contributed by atoms with Crippen molar-refractivity contribution in [3.63, 3.8) is 0 Å². The predicted octanol–water partition coefficient (Wildman–Crippen LogP) is 2.14. The first kappa shape index (κ1) is 13.0. The van der Waals surface area contributed by atoms with Crippen molar-refractivity contribution in [1.82, 2.24) is 10.6 Å². The van der Waals surface area contributed by atoms with Gasteiger partial charge in [0.1, 0.15) is 5.82 Å². The van der Waals surface area contributed by atoms with Crippen molar-refractivity contribution >= 4 is 5.91 Å². The van der Waals surface area contributed by atoms with Crippen molar-refractivity contribution in [2.45, 2.75) is 38.3 Å². The average Bonchev–Trinajstić information content (AvgIpc) is 2.54. The molecule has 1 heterocycles. The highest BCUT2D eigenvalue weighted by Crippen LogP contribution is 2.16. The van der Waals surface area contributed by atoms with E-state index in [1.54, 1.807) is 12.1 Å². The molecule has 4 heteroatoms. The van der Waals surface area contributed by atoms with Gasteiger partial charge in [0.05, 0.1) is 0 Å². The minimum Gasteiger partial charge on any atom is -0.356 e. The number of halogens is 1. The molecule has 2 atom stereocenters. The molecule has 1 aliphatic rings. The summed E-state index contributed by atoms with van der Waals surface area (Å²) in [5.41, 5.74) is 1.04. The SMILES string of the molecule is C[C@H](NC1CCCNC(=O)C1)c1ccc(F)cc1. The largest absolute Gasteiger partial charge is 0.356 e. The fourth-order valence-corrected chi connectivity index (χ4v) is 2.32. The van der Waals surface area contributed by atoms with Crippen molar-refractivity contribution < 1.29 is 9.18 Å². The Morgan fingerprint density at radius 1 is 1.39 bits per heavy atom. The van der Waals surface area contributed by atoms with Crippen LogP contribution in [0.2, 0.25) is 0 Å². The van der Waals surface area contributed by atoms with Crippen molar-refractivity contribution in [1.29, 1.82) is 0 Å². The maximum Gasteiger partial charge on any atom is 0.221 e. The number of hydrogen-bond donors (Lipinski definition) is 2. The Balaban J connectivity index is 1.95. The fourth-order valence-electron chi connectivity index (χ4n) is 2.32. The molecule has 0 bridgehead atoms. The summed E-state index contributed by atoms with van der Waals surface area (Å²) in [5, 5.41) is 6.31. The second-order valence-corrected chi connectivity index (χ2v) is 4.83. The van der Waals surface area contributed by atoms with Gasteiger partial charge < -0.3 is 10.6 Å². The minimum absolute atomic E-state index is 0.108. The van der Waals surface area contributed by atoms with E-state index in [1.165, 1.54) is 12.1 Å². The Bertz CT molecular complexity index is 405. The van der Waals surface area contributed by atoms with E-state index in [-0.39, 0.29) is 23.8 Å². The fraction of sp³-hybridized carbons (Fsp3) is 0.500. The molecule has 2 N–H and O–H groups in total. The monoisotopic (exact) mass is 250 g/mol. The lowest BCUT2D eigenvalue weighted by atomic mass is 10.0. The second kappa shape index (κ2) is 5.96. The summed E-state index contributed by atoms with van der Waals surface area (Å²) in [6.07, 6.45) is 2.51. The van der Waals surface area contributed by atoms with E-state index >= 15 is 0 Å². The highest BCUT2D eigenvalue weighted by atomic mass is 19.1. The molecule has 1 unspecified atom stereocenters. The van der Waals surface area contributed by atoms with Gasteiger partial charge in [0.25, 0.3) is 0 Å². The lowest BCUT2D eigenvalue weighted by Crippen LogP contribution is -2.34. The van der Waals surface area contributed by atoms with Crippen LogP contribution in [-0.2, 0) is 4.79 Å². The van der Waals surface area contributed by atoms with Crippen LogP contribution in [-0.4, -0.2) is 18.5 Å². The summed E-state index contributed by atoms with van der Waals surface area (Å²) >= 11 is 0. The van der Waals surface area contributed by atoms with E-state index in [2.05, 4.69) is 10.6 Å². The van der Waals surface area contributed by atoms with Crippen LogP contribution in [0.15, 0.2) is 24.3 Å². The molecule has 1 fully saturated rings. The molecule has 1 aromatic rings. The topological polar surface area (TPSA) is 41.1 Å². The molecule has 1 aromatic carbocycles. The summed E-state index contributed by atoms with van der Waals surface area (Å²) in [7, 11) is 0. The van der Waals surface area contributed by atoms with Gasteiger partial charge in [-0.1, -0.05) is 12.1 Å². The molecule has 0 aliphatic carbocycles. The number of nitrogens with one attached hydrogen (secondary N) is 2. The smallest absolute Gasteiger partial charge is 0.221 e. The summed E-state index contributed by atoms with van der Waals surface area (Å²) < 4.78 is 12.8. The maximum atomic E-state index is 12.8. The van der Waals surface area contributed by atoms with Crippen molar-refractivity contribution in [3.8, 4) is 0 Å². The molecule has 1 amide bonds. The Morgan fingerprint density at radius 2 is 2.11 bits per heavy atom. The molecule has 18 heavy (non-hydrogen) atoms. The maximum absolute atomic E-state index is 12.8. The Morgan fingerprint density at radius 3 is 2.83 bits per heavy atom. The van der Waals surface area contributed by atoms with Crippen LogP contribution in [0.5, 0.6) is 0 Å². The number of carbonyl (C=O) groups is 1.